The van der Waals surface area contributed by atoms with E-state index < -0.39 is 0 Å². The van der Waals surface area contributed by atoms with Crippen molar-refractivity contribution in [3.63, 3.8) is 0 Å². The summed E-state index contributed by atoms with van der Waals surface area (Å²) in [6.45, 7) is 9.29. The fourth-order valence-electron chi connectivity index (χ4n) is 3.45. The summed E-state index contributed by atoms with van der Waals surface area (Å²) in [5.74, 6) is -0.233. The number of carbonyl (C=O) groups excluding carboxylic acids is 1. The number of rotatable bonds is 8. The van der Waals surface area contributed by atoms with Crippen LogP contribution < -0.4 is 0 Å². The second-order valence-electron chi connectivity index (χ2n) is 7.57. The van der Waals surface area contributed by atoms with E-state index in [4.69, 9.17) is 5.26 Å². The van der Waals surface area contributed by atoms with Gasteiger partial charge in [0.05, 0.1) is 18.2 Å². The molecule has 28 heavy (non-hydrogen) atoms. The van der Waals surface area contributed by atoms with Gasteiger partial charge in [-0.1, -0.05) is 24.3 Å². The van der Waals surface area contributed by atoms with Crippen molar-refractivity contribution in [2.45, 2.75) is 52.9 Å². The highest BCUT2D eigenvalue weighted by Gasteiger charge is 2.22. The molecule has 0 unspecified atom stereocenters. The molecule has 2 aromatic carbocycles. The van der Waals surface area contributed by atoms with E-state index >= 15 is 0 Å². The number of nitrogens with zero attached hydrogens (tertiary/aromatic N) is 3. The summed E-state index contributed by atoms with van der Waals surface area (Å²) >= 11 is 0. The Hall–Kier alpha value is -2.71. The average Bonchev–Trinajstić information content (AvgIpc) is 2.61. The molecular formula is C23H28FN3O. The number of nitriles is 1. The Balaban J connectivity index is 2.21. The minimum absolute atomic E-state index is 0.0510. The largest absolute Gasteiger partial charge is 0.337 e. The summed E-state index contributed by atoms with van der Waals surface area (Å²) in [5.41, 5.74) is 2.42. The monoisotopic (exact) mass is 381 g/mol. The highest BCUT2D eigenvalue weighted by atomic mass is 19.1. The summed E-state index contributed by atoms with van der Waals surface area (Å²) in [6, 6.07) is 16.1. The Bertz CT molecular complexity index is 816. The highest BCUT2D eigenvalue weighted by molar-refractivity contribution is 5.78. The van der Waals surface area contributed by atoms with Crippen molar-refractivity contribution in [3.8, 4) is 6.07 Å². The van der Waals surface area contributed by atoms with Crippen LogP contribution in [0.4, 0.5) is 4.39 Å². The minimum Gasteiger partial charge on any atom is -0.337 e. The van der Waals surface area contributed by atoms with Crippen LogP contribution in [-0.4, -0.2) is 34.3 Å². The summed E-state index contributed by atoms with van der Waals surface area (Å²) in [5, 5.41) is 8.97. The molecular weight excluding hydrogens is 353 g/mol. The molecule has 4 nitrogen and oxygen atoms in total. The van der Waals surface area contributed by atoms with Crippen LogP contribution >= 0.6 is 0 Å². The molecule has 0 aliphatic carbocycles. The average molecular weight is 381 g/mol. The molecule has 2 rings (SSSR count). The molecule has 0 atom stereocenters. The first-order chi connectivity index (χ1) is 13.3. The quantitative estimate of drug-likeness (QED) is 0.683. The van der Waals surface area contributed by atoms with Crippen molar-refractivity contribution in [3.05, 3.63) is 71.0 Å². The van der Waals surface area contributed by atoms with E-state index in [1.807, 2.05) is 55.7 Å². The van der Waals surface area contributed by atoms with E-state index in [-0.39, 0.29) is 30.4 Å². The molecule has 0 heterocycles. The van der Waals surface area contributed by atoms with Gasteiger partial charge in [0.1, 0.15) is 5.82 Å². The van der Waals surface area contributed by atoms with Crippen molar-refractivity contribution >= 4 is 5.91 Å². The van der Waals surface area contributed by atoms with E-state index in [9.17, 15) is 9.18 Å². The van der Waals surface area contributed by atoms with E-state index in [0.717, 1.165) is 11.1 Å². The normalized spacial score (nSPS) is 11.1. The number of benzene rings is 2. The smallest absolute Gasteiger partial charge is 0.237 e. The Morgan fingerprint density at radius 3 is 2.14 bits per heavy atom. The lowest BCUT2D eigenvalue weighted by molar-refractivity contribution is -0.136. The summed E-state index contributed by atoms with van der Waals surface area (Å²) in [6.07, 6.45) is 0. The van der Waals surface area contributed by atoms with Crippen molar-refractivity contribution < 1.29 is 9.18 Å². The van der Waals surface area contributed by atoms with Gasteiger partial charge < -0.3 is 4.90 Å². The molecule has 0 fully saturated rings. The van der Waals surface area contributed by atoms with E-state index in [0.29, 0.717) is 18.7 Å². The standard InChI is InChI=1S/C23H28FN3O/c1-17(2)27(18(3)4)23(28)16-26(15-21-6-5-7-22(24)12-21)14-20-10-8-19(13-25)9-11-20/h5-12,17-18H,14-16H2,1-4H3. The first-order valence-corrected chi connectivity index (χ1v) is 9.57. The van der Waals surface area contributed by atoms with Crippen LogP contribution in [0.15, 0.2) is 48.5 Å². The molecule has 0 N–H and O–H groups in total. The topological polar surface area (TPSA) is 47.3 Å². The molecule has 0 aromatic heterocycles. The Morgan fingerprint density at radius 1 is 1.00 bits per heavy atom. The van der Waals surface area contributed by atoms with Crippen LogP contribution in [0.3, 0.4) is 0 Å². The molecule has 0 radical (unpaired) electrons. The lowest BCUT2D eigenvalue weighted by Crippen LogP contribution is -2.46. The number of hydrogen-bond donors (Lipinski definition) is 0. The third-order valence-corrected chi connectivity index (χ3v) is 4.54. The molecule has 1 amide bonds. The van der Waals surface area contributed by atoms with Crippen molar-refractivity contribution in [2.24, 2.45) is 0 Å². The third kappa shape index (κ3) is 6.17. The van der Waals surface area contributed by atoms with Crippen molar-refractivity contribution in [1.82, 2.24) is 9.80 Å². The van der Waals surface area contributed by atoms with E-state index in [1.54, 1.807) is 18.2 Å². The lowest BCUT2D eigenvalue weighted by atomic mass is 10.1. The van der Waals surface area contributed by atoms with Gasteiger partial charge in [0.15, 0.2) is 0 Å². The van der Waals surface area contributed by atoms with Gasteiger partial charge in [-0.15, -0.1) is 0 Å². The minimum atomic E-state index is -0.284. The van der Waals surface area contributed by atoms with Crippen molar-refractivity contribution in [2.75, 3.05) is 6.54 Å². The van der Waals surface area contributed by atoms with Gasteiger partial charge in [-0.3, -0.25) is 9.69 Å². The zero-order valence-electron chi connectivity index (χ0n) is 17.0. The molecule has 0 aliphatic rings. The van der Waals surface area contributed by atoms with Crippen LogP contribution in [0.2, 0.25) is 0 Å². The maximum atomic E-state index is 13.6. The molecule has 0 saturated carbocycles. The maximum absolute atomic E-state index is 13.6. The Morgan fingerprint density at radius 2 is 1.61 bits per heavy atom. The maximum Gasteiger partial charge on any atom is 0.237 e. The van der Waals surface area contributed by atoms with Gasteiger partial charge in [-0.25, -0.2) is 4.39 Å². The third-order valence-electron chi connectivity index (χ3n) is 4.54. The molecule has 0 spiro atoms. The second-order valence-corrected chi connectivity index (χ2v) is 7.57. The molecule has 0 bridgehead atoms. The summed E-state index contributed by atoms with van der Waals surface area (Å²) in [7, 11) is 0. The van der Waals surface area contributed by atoms with Crippen molar-refractivity contribution in [1.29, 1.82) is 5.26 Å². The molecule has 148 valence electrons. The number of carbonyl (C=O) groups is 1. The number of hydrogen-bond acceptors (Lipinski definition) is 3. The van der Waals surface area contributed by atoms with Crippen LogP contribution in [0.1, 0.15) is 44.4 Å². The first-order valence-electron chi connectivity index (χ1n) is 9.57. The second kappa shape index (κ2) is 10.0. The molecule has 2 aromatic rings. The summed E-state index contributed by atoms with van der Waals surface area (Å²) < 4.78 is 13.6. The predicted octanol–water partition coefficient (Wildman–Crippen LogP) is 4.34. The van der Waals surface area contributed by atoms with E-state index in [1.165, 1.54) is 12.1 Å². The zero-order valence-corrected chi connectivity index (χ0v) is 17.0. The molecule has 0 aliphatic heterocycles. The first kappa shape index (κ1) is 21.6. The predicted molar refractivity (Wildman–Crippen MR) is 109 cm³/mol. The highest BCUT2D eigenvalue weighted by Crippen LogP contribution is 2.14. The fourth-order valence-corrected chi connectivity index (χ4v) is 3.45. The summed E-state index contributed by atoms with van der Waals surface area (Å²) in [4.78, 5) is 16.8. The van der Waals surface area contributed by atoms with Crippen LogP contribution in [0, 0.1) is 17.1 Å². The Labute approximate surface area is 167 Å². The van der Waals surface area contributed by atoms with Gasteiger partial charge in [0.25, 0.3) is 0 Å². The van der Waals surface area contributed by atoms with Gasteiger partial charge in [-0.05, 0) is 63.1 Å². The fraction of sp³-hybridized carbons (Fsp3) is 0.391. The zero-order chi connectivity index (χ0) is 20.7. The Kier molecular flexibility index (Phi) is 7.71. The van der Waals surface area contributed by atoms with Crippen LogP contribution in [0.5, 0.6) is 0 Å². The SMILES string of the molecule is CC(C)N(C(=O)CN(Cc1ccc(C#N)cc1)Cc1cccc(F)c1)C(C)C. The van der Waals surface area contributed by atoms with Gasteiger partial charge in [0, 0.05) is 25.2 Å². The van der Waals surface area contributed by atoms with Gasteiger partial charge in [-0.2, -0.15) is 5.26 Å². The lowest BCUT2D eigenvalue weighted by Gasteiger charge is -2.33. The number of halogens is 1. The van der Waals surface area contributed by atoms with Crippen LogP contribution in [0.25, 0.3) is 0 Å². The molecule has 5 heteroatoms. The van der Waals surface area contributed by atoms with Gasteiger partial charge in [0.2, 0.25) is 5.91 Å². The molecule has 0 saturated heterocycles. The van der Waals surface area contributed by atoms with Gasteiger partial charge >= 0.3 is 0 Å². The number of amides is 1. The van der Waals surface area contributed by atoms with E-state index in [2.05, 4.69) is 6.07 Å². The van der Waals surface area contributed by atoms with Crippen LogP contribution in [-0.2, 0) is 17.9 Å².